The van der Waals surface area contributed by atoms with Gasteiger partial charge in [0.2, 0.25) is 0 Å². The lowest BCUT2D eigenvalue weighted by Crippen LogP contribution is -2.22. The summed E-state index contributed by atoms with van der Waals surface area (Å²) in [5.74, 6) is -0.745. The van der Waals surface area contributed by atoms with Crippen LogP contribution in [0.25, 0.3) is 10.6 Å². The lowest BCUT2D eigenvalue weighted by Gasteiger charge is -2.09. The van der Waals surface area contributed by atoms with Crippen molar-refractivity contribution in [2.75, 3.05) is 33.3 Å². The van der Waals surface area contributed by atoms with Gasteiger partial charge in [0.25, 0.3) is 5.91 Å². The molecule has 0 fully saturated rings. The number of esters is 2. The third-order valence-corrected chi connectivity index (χ3v) is 5.74. The number of ether oxygens (including phenoxy) is 4. The van der Waals surface area contributed by atoms with Gasteiger partial charge in [0, 0.05) is 5.56 Å². The molecule has 1 aromatic heterocycles. The fraction of sp³-hybridized carbons (Fsp3) is 0.217. The first-order valence-electron chi connectivity index (χ1n) is 9.72. The molecule has 1 amide bonds. The molecule has 172 valence electrons. The first kappa shape index (κ1) is 23.7. The Labute approximate surface area is 194 Å². The van der Waals surface area contributed by atoms with Gasteiger partial charge in [0.1, 0.15) is 9.88 Å². The van der Waals surface area contributed by atoms with Crippen molar-refractivity contribution in [2.45, 2.75) is 6.92 Å². The molecular weight excluding hydrogens is 448 g/mol. The Bertz CT molecular complexity index is 1190. The van der Waals surface area contributed by atoms with Gasteiger partial charge in [-0.1, -0.05) is 12.1 Å². The summed E-state index contributed by atoms with van der Waals surface area (Å²) in [6, 6.07) is 11.7. The van der Waals surface area contributed by atoms with E-state index in [9.17, 15) is 14.4 Å². The molecule has 1 heterocycles. The smallest absolute Gasteiger partial charge is 0.350 e. The minimum atomic E-state index is -0.673. The molecule has 0 spiro atoms. The van der Waals surface area contributed by atoms with Crippen molar-refractivity contribution < 1.29 is 33.3 Å². The monoisotopic (exact) mass is 470 g/mol. The van der Waals surface area contributed by atoms with Gasteiger partial charge < -0.3 is 24.3 Å². The van der Waals surface area contributed by atoms with Crippen molar-refractivity contribution in [3.63, 3.8) is 0 Å². The SMILES string of the molecule is COC(=O)c1ccccc1NC(=O)COC(=O)c1sc(-c2ccc(OC)c(OC)c2)nc1C. The highest BCUT2D eigenvalue weighted by atomic mass is 32.1. The van der Waals surface area contributed by atoms with E-state index in [1.54, 1.807) is 50.4 Å². The molecule has 0 atom stereocenters. The van der Waals surface area contributed by atoms with E-state index < -0.39 is 24.5 Å². The van der Waals surface area contributed by atoms with Gasteiger partial charge in [-0.2, -0.15) is 0 Å². The zero-order valence-corrected chi connectivity index (χ0v) is 19.3. The van der Waals surface area contributed by atoms with Crippen LogP contribution in [0.2, 0.25) is 0 Å². The Balaban J connectivity index is 1.68. The Hall–Kier alpha value is -3.92. The van der Waals surface area contributed by atoms with Crippen LogP contribution >= 0.6 is 11.3 Å². The highest BCUT2D eigenvalue weighted by Crippen LogP contribution is 2.35. The Kier molecular flexibility index (Phi) is 7.62. The molecule has 0 aliphatic rings. The number of aromatic nitrogens is 1. The third kappa shape index (κ3) is 5.47. The molecular formula is C23H22N2O7S. The molecule has 0 saturated heterocycles. The molecule has 0 aliphatic carbocycles. The molecule has 0 saturated carbocycles. The summed E-state index contributed by atoms with van der Waals surface area (Å²) in [7, 11) is 4.33. The maximum absolute atomic E-state index is 12.6. The molecule has 0 aliphatic heterocycles. The van der Waals surface area contributed by atoms with Crippen LogP contribution in [0.4, 0.5) is 5.69 Å². The zero-order valence-electron chi connectivity index (χ0n) is 18.5. The molecule has 1 N–H and O–H groups in total. The van der Waals surface area contributed by atoms with E-state index in [4.69, 9.17) is 18.9 Å². The van der Waals surface area contributed by atoms with Gasteiger partial charge in [-0.25, -0.2) is 14.6 Å². The van der Waals surface area contributed by atoms with Crippen LogP contribution in [0, 0.1) is 6.92 Å². The number of nitrogens with one attached hydrogen (secondary N) is 1. The normalized spacial score (nSPS) is 10.3. The highest BCUT2D eigenvalue weighted by molar-refractivity contribution is 7.17. The van der Waals surface area contributed by atoms with Crippen LogP contribution in [-0.2, 0) is 14.3 Å². The topological polar surface area (TPSA) is 113 Å². The van der Waals surface area contributed by atoms with E-state index in [-0.39, 0.29) is 16.1 Å². The minimum Gasteiger partial charge on any atom is -0.493 e. The third-order valence-electron chi connectivity index (χ3n) is 4.55. The first-order chi connectivity index (χ1) is 15.9. The Morgan fingerprint density at radius 1 is 0.970 bits per heavy atom. The van der Waals surface area contributed by atoms with Crippen LogP contribution < -0.4 is 14.8 Å². The van der Waals surface area contributed by atoms with E-state index in [0.29, 0.717) is 22.2 Å². The average Bonchev–Trinajstić information content (AvgIpc) is 3.23. The van der Waals surface area contributed by atoms with Gasteiger partial charge in [0.05, 0.1) is 38.3 Å². The molecule has 10 heteroatoms. The largest absolute Gasteiger partial charge is 0.493 e. The summed E-state index contributed by atoms with van der Waals surface area (Å²) in [5.41, 5.74) is 1.68. The second kappa shape index (κ2) is 10.6. The Morgan fingerprint density at radius 2 is 1.70 bits per heavy atom. The number of hydrogen-bond acceptors (Lipinski definition) is 9. The van der Waals surface area contributed by atoms with Gasteiger partial charge in [0.15, 0.2) is 18.1 Å². The van der Waals surface area contributed by atoms with Crippen LogP contribution in [0.5, 0.6) is 11.5 Å². The lowest BCUT2D eigenvalue weighted by molar-refractivity contribution is -0.119. The van der Waals surface area contributed by atoms with Gasteiger partial charge >= 0.3 is 11.9 Å². The molecule has 0 unspecified atom stereocenters. The number of rotatable bonds is 8. The van der Waals surface area contributed by atoms with Crippen molar-refractivity contribution in [3.05, 3.63) is 58.6 Å². The van der Waals surface area contributed by atoms with Crippen LogP contribution in [0.15, 0.2) is 42.5 Å². The quantitative estimate of drug-likeness (QED) is 0.496. The number of aryl methyl sites for hydroxylation is 1. The standard InChI is InChI=1S/C23H22N2O7S/c1-13-20(33-21(24-13)14-9-10-17(29-2)18(11-14)30-3)23(28)32-12-19(26)25-16-8-6-5-7-15(16)22(27)31-4/h5-11H,12H2,1-4H3,(H,25,26). The summed E-state index contributed by atoms with van der Waals surface area (Å²) in [6.45, 7) is 1.15. The number of anilines is 1. The van der Waals surface area contributed by atoms with Crippen molar-refractivity contribution in [1.29, 1.82) is 0 Å². The second-order valence-corrected chi connectivity index (χ2v) is 7.66. The highest BCUT2D eigenvalue weighted by Gasteiger charge is 2.20. The summed E-state index contributed by atoms with van der Waals surface area (Å²) >= 11 is 1.14. The van der Waals surface area contributed by atoms with Crippen LogP contribution in [-0.4, -0.2) is 50.8 Å². The summed E-state index contributed by atoms with van der Waals surface area (Å²) < 4.78 is 20.4. The maximum Gasteiger partial charge on any atom is 0.350 e. The van der Waals surface area contributed by atoms with E-state index in [2.05, 4.69) is 10.3 Å². The molecule has 0 bridgehead atoms. The fourth-order valence-corrected chi connectivity index (χ4v) is 3.90. The molecule has 3 rings (SSSR count). The first-order valence-corrected chi connectivity index (χ1v) is 10.5. The Morgan fingerprint density at radius 3 is 2.39 bits per heavy atom. The fourth-order valence-electron chi connectivity index (χ4n) is 2.94. The number of methoxy groups -OCH3 is 3. The number of carbonyl (C=O) groups excluding carboxylic acids is 3. The molecule has 33 heavy (non-hydrogen) atoms. The van der Waals surface area contributed by atoms with E-state index >= 15 is 0 Å². The second-order valence-electron chi connectivity index (χ2n) is 6.66. The molecule has 3 aromatic rings. The lowest BCUT2D eigenvalue weighted by atomic mass is 10.2. The van der Waals surface area contributed by atoms with Crippen molar-refractivity contribution in [3.8, 4) is 22.1 Å². The summed E-state index contributed by atoms with van der Waals surface area (Å²) in [5, 5.41) is 3.14. The minimum absolute atomic E-state index is 0.192. The number of amides is 1. The number of thiazole rings is 1. The van der Waals surface area contributed by atoms with Crippen molar-refractivity contribution >= 4 is 34.9 Å². The van der Waals surface area contributed by atoms with Crippen molar-refractivity contribution in [1.82, 2.24) is 4.98 Å². The molecule has 2 aromatic carbocycles. The maximum atomic E-state index is 12.6. The molecule has 9 nitrogen and oxygen atoms in total. The summed E-state index contributed by atoms with van der Waals surface area (Å²) in [4.78, 5) is 41.4. The summed E-state index contributed by atoms with van der Waals surface area (Å²) in [6.07, 6.45) is 0. The predicted molar refractivity (Wildman–Crippen MR) is 122 cm³/mol. The predicted octanol–water partition coefficient (Wildman–Crippen LogP) is 3.72. The zero-order chi connectivity index (χ0) is 24.0. The van der Waals surface area contributed by atoms with Crippen LogP contribution in [0.3, 0.4) is 0 Å². The number of hydrogen-bond donors (Lipinski definition) is 1. The number of carbonyl (C=O) groups is 3. The molecule has 0 radical (unpaired) electrons. The van der Waals surface area contributed by atoms with Gasteiger partial charge in [-0.05, 0) is 37.3 Å². The van der Waals surface area contributed by atoms with Crippen molar-refractivity contribution in [2.24, 2.45) is 0 Å². The van der Waals surface area contributed by atoms with Gasteiger partial charge in [-0.3, -0.25) is 4.79 Å². The van der Waals surface area contributed by atoms with E-state index in [1.165, 1.54) is 20.3 Å². The number of para-hydroxylation sites is 1. The van der Waals surface area contributed by atoms with E-state index in [0.717, 1.165) is 16.9 Å². The van der Waals surface area contributed by atoms with Gasteiger partial charge in [-0.15, -0.1) is 11.3 Å². The number of benzene rings is 2. The van der Waals surface area contributed by atoms with Crippen LogP contribution in [0.1, 0.15) is 25.7 Å². The number of nitrogens with zero attached hydrogens (tertiary/aromatic N) is 1. The average molecular weight is 471 g/mol. The van der Waals surface area contributed by atoms with E-state index in [1.807, 2.05) is 0 Å².